The fourth-order valence-corrected chi connectivity index (χ4v) is 2.27. The average molecular weight is 209 g/mol. The Kier molecular flexibility index (Phi) is 2.92. The van der Waals surface area contributed by atoms with Crippen LogP contribution in [0.5, 0.6) is 0 Å². The van der Waals surface area contributed by atoms with Gasteiger partial charge in [0.25, 0.3) is 0 Å². The van der Waals surface area contributed by atoms with Gasteiger partial charge in [0.15, 0.2) is 0 Å². The van der Waals surface area contributed by atoms with Crippen LogP contribution >= 0.6 is 0 Å². The summed E-state index contributed by atoms with van der Waals surface area (Å²) in [7, 11) is 0. The van der Waals surface area contributed by atoms with Crippen molar-refractivity contribution in [3.63, 3.8) is 0 Å². The quantitative estimate of drug-likeness (QED) is 0.686. The molecule has 0 bridgehead atoms. The highest BCUT2D eigenvalue weighted by Crippen LogP contribution is 2.32. The van der Waals surface area contributed by atoms with Crippen molar-refractivity contribution in [1.82, 2.24) is 0 Å². The van der Waals surface area contributed by atoms with Gasteiger partial charge in [-0.25, -0.2) is 0 Å². The standard InChI is InChI=1S/C15H15N/c1-11-6-3-4-9-14(11)15-12(2)7-5-8-13(15)10-16/h3,5-8H,4,9H2,1-2H3. The molecule has 0 aromatic heterocycles. The first-order valence-corrected chi connectivity index (χ1v) is 5.60. The Morgan fingerprint density at radius 1 is 1.25 bits per heavy atom. The van der Waals surface area contributed by atoms with E-state index < -0.39 is 0 Å². The third-order valence-electron chi connectivity index (χ3n) is 3.10. The van der Waals surface area contributed by atoms with E-state index in [1.54, 1.807) is 0 Å². The van der Waals surface area contributed by atoms with Gasteiger partial charge in [0.05, 0.1) is 11.6 Å². The van der Waals surface area contributed by atoms with Crippen LogP contribution in [0.2, 0.25) is 0 Å². The molecule has 0 amide bonds. The van der Waals surface area contributed by atoms with Crippen molar-refractivity contribution < 1.29 is 0 Å². The van der Waals surface area contributed by atoms with Crippen molar-refractivity contribution in [3.05, 3.63) is 52.6 Å². The highest BCUT2D eigenvalue weighted by Gasteiger charge is 2.13. The van der Waals surface area contributed by atoms with Gasteiger partial charge in [-0.05, 0) is 55.0 Å². The van der Waals surface area contributed by atoms with Crippen molar-refractivity contribution in [2.45, 2.75) is 26.7 Å². The highest BCUT2D eigenvalue weighted by atomic mass is 14.3. The summed E-state index contributed by atoms with van der Waals surface area (Å²) in [5.74, 6) is 0. The molecule has 0 aliphatic heterocycles. The summed E-state index contributed by atoms with van der Waals surface area (Å²) in [4.78, 5) is 0. The minimum Gasteiger partial charge on any atom is -0.192 e. The molecule has 16 heavy (non-hydrogen) atoms. The van der Waals surface area contributed by atoms with E-state index in [9.17, 15) is 0 Å². The molecule has 0 radical (unpaired) electrons. The van der Waals surface area contributed by atoms with Crippen molar-refractivity contribution >= 4 is 5.57 Å². The number of rotatable bonds is 1. The lowest BCUT2D eigenvalue weighted by Crippen LogP contribution is -1.98. The van der Waals surface area contributed by atoms with Gasteiger partial charge in [0.1, 0.15) is 0 Å². The molecule has 1 nitrogen and oxygen atoms in total. The molecular weight excluding hydrogens is 194 g/mol. The fourth-order valence-electron chi connectivity index (χ4n) is 2.27. The molecule has 1 aromatic carbocycles. The number of allylic oxidation sites excluding steroid dienone is 4. The van der Waals surface area contributed by atoms with Gasteiger partial charge in [-0.3, -0.25) is 0 Å². The van der Waals surface area contributed by atoms with Crippen LogP contribution in [0.1, 0.15) is 36.5 Å². The highest BCUT2D eigenvalue weighted by molar-refractivity contribution is 5.77. The van der Waals surface area contributed by atoms with Crippen LogP contribution in [0, 0.1) is 18.3 Å². The van der Waals surface area contributed by atoms with E-state index in [1.807, 2.05) is 12.1 Å². The number of nitriles is 1. The maximum absolute atomic E-state index is 9.17. The van der Waals surface area contributed by atoms with Crippen LogP contribution in [0.25, 0.3) is 5.57 Å². The van der Waals surface area contributed by atoms with E-state index in [0.29, 0.717) is 0 Å². The molecule has 0 saturated heterocycles. The molecule has 0 heterocycles. The minimum absolute atomic E-state index is 0.796. The molecule has 2 rings (SSSR count). The largest absolute Gasteiger partial charge is 0.192 e. The minimum atomic E-state index is 0.796. The summed E-state index contributed by atoms with van der Waals surface area (Å²) in [6.45, 7) is 4.20. The summed E-state index contributed by atoms with van der Waals surface area (Å²) >= 11 is 0. The van der Waals surface area contributed by atoms with Gasteiger partial charge in [-0.1, -0.05) is 24.3 Å². The van der Waals surface area contributed by atoms with Gasteiger partial charge in [0, 0.05) is 0 Å². The first kappa shape index (κ1) is 10.7. The Bertz CT molecular complexity index is 513. The molecule has 1 aliphatic rings. The number of aryl methyl sites for hydroxylation is 1. The lowest BCUT2D eigenvalue weighted by Gasteiger charge is -2.17. The van der Waals surface area contributed by atoms with Crippen LogP contribution in [0.15, 0.2) is 35.9 Å². The van der Waals surface area contributed by atoms with E-state index in [1.165, 1.54) is 16.7 Å². The lowest BCUT2D eigenvalue weighted by molar-refractivity contribution is 1.03. The maximum Gasteiger partial charge on any atom is 0.0998 e. The zero-order chi connectivity index (χ0) is 11.5. The molecule has 0 fully saturated rings. The predicted molar refractivity (Wildman–Crippen MR) is 66.9 cm³/mol. The summed E-state index contributed by atoms with van der Waals surface area (Å²) < 4.78 is 0. The smallest absolute Gasteiger partial charge is 0.0998 e. The Morgan fingerprint density at radius 3 is 2.75 bits per heavy atom. The topological polar surface area (TPSA) is 23.8 Å². The molecule has 0 saturated carbocycles. The molecule has 1 aliphatic carbocycles. The normalized spacial score (nSPS) is 15.1. The molecule has 0 unspecified atom stereocenters. The number of nitrogens with zero attached hydrogens (tertiary/aromatic N) is 1. The van der Waals surface area contributed by atoms with Crippen LogP contribution in [-0.2, 0) is 0 Å². The van der Waals surface area contributed by atoms with Crippen LogP contribution < -0.4 is 0 Å². The van der Waals surface area contributed by atoms with Crippen LogP contribution in [-0.4, -0.2) is 0 Å². The van der Waals surface area contributed by atoms with Gasteiger partial charge in [0.2, 0.25) is 0 Å². The van der Waals surface area contributed by atoms with Crippen LogP contribution in [0.3, 0.4) is 0 Å². The number of hydrogen-bond donors (Lipinski definition) is 0. The van der Waals surface area contributed by atoms with Gasteiger partial charge in [-0.15, -0.1) is 0 Å². The third-order valence-corrected chi connectivity index (χ3v) is 3.10. The molecular formula is C15H15N. The monoisotopic (exact) mass is 209 g/mol. The van der Waals surface area contributed by atoms with Crippen molar-refractivity contribution in [2.24, 2.45) is 0 Å². The molecule has 1 aromatic rings. The summed E-state index contributed by atoms with van der Waals surface area (Å²) in [5.41, 5.74) is 5.76. The maximum atomic E-state index is 9.17. The fraction of sp³-hybridized carbons (Fsp3) is 0.267. The number of benzene rings is 1. The van der Waals surface area contributed by atoms with Crippen molar-refractivity contribution in [3.8, 4) is 6.07 Å². The second-order valence-corrected chi connectivity index (χ2v) is 4.21. The van der Waals surface area contributed by atoms with Crippen LogP contribution in [0.4, 0.5) is 0 Å². The average Bonchev–Trinajstić information content (AvgIpc) is 2.30. The molecule has 0 spiro atoms. The summed E-state index contributed by atoms with van der Waals surface area (Å²) in [5, 5.41) is 9.17. The van der Waals surface area contributed by atoms with E-state index in [2.05, 4.69) is 38.1 Å². The number of hydrogen-bond acceptors (Lipinski definition) is 1. The van der Waals surface area contributed by atoms with E-state index in [4.69, 9.17) is 5.26 Å². The van der Waals surface area contributed by atoms with E-state index >= 15 is 0 Å². The van der Waals surface area contributed by atoms with Gasteiger partial charge < -0.3 is 0 Å². The first-order chi connectivity index (χ1) is 7.74. The molecule has 1 heteroatoms. The molecule has 0 atom stereocenters. The Labute approximate surface area is 96.7 Å². The van der Waals surface area contributed by atoms with Crippen molar-refractivity contribution in [2.75, 3.05) is 0 Å². The SMILES string of the molecule is CC1=C(c2c(C)cccc2C#N)CCC=C1. The third kappa shape index (κ3) is 1.79. The lowest BCUT2D eigenvalue weighted by atomic mass is 9.87. The zero-order valence-corrected chi connectivity index (χ0v) is 9.75. The Balaban J connectivity index is 2.64. The second-order valence-electron chi connectivity index (χ2n) is 4.21. The van der Waals surface area contributed by atoms with E-state index in [0.717, 1.165) is 24.0 Å². The second kappa shape index (κ2) is 4.37. The Morgan fingerprint density at radius 2 is 2.06 bits per heavy atom. The Hall–Kier alpha value is -1.81. The first-order valence-electron chi connectivity index (χ1n) is 5.60. The predicted octanol–water partition coefficient (Wildman–Crippen LogP) is 3.99. The van der Waals surface area contributed by atoms with E-state index in [-0.39, 0.29) is 0 Å². The summed E-state index contributed by atoms with van der Waals surface area (Å²) in [6.07, 6.45) is 6.48. The molecule has 0 N–H and O–H groups in total. The van der Waals surface area contributed by atoms with Crippen molar-refractivity contribution in [1.29, 1.82) is 5.26 Å². The zero-order valence-electron chi connectivity index (χ0n) is 9.75. The summed E-state index contributed by atoms with van der Waals surface area (Å²) in [6, 6.07) is 8.23. The van der Waals surface area contributed by atoms with Gasteiger partial charge in [-0.2, -0.15) is 5.26 Å². The molecule has 80 valence electrons. The van der Waals surface area contributed by atoms with Gasteiger partial charge >= 0.3 is 0 Å².